The predicted octanol–water partition coefficient (Wildman–Crippen LogP) is 3.75. The molecule has 6 nitrogen and oxygen atoms in total. The monoisotopic (exact) mass is 405 g/mol. The number of ether oxygens (including phenoxy) is 2. The van der Waals surface area contributed by atoms with Crippen molar-refractivity contribution in [3.63, 3.8) is 0 Å². The van der Waals surface area contributed by atoms with Crippen molar-refractivity contribution in [2.45, 2.75) is 45.8 Å². The highest BCUT2D eigenvalue weighted by molar-refractivity contribution is 7.80. The van der Waals surface area contributed by atoms with Gasteiger partial charge in [0.1, 0.15) is 24.2 Å². The maximum atomic E-state index is 12.3. The Morgan fingerprint density at radius 3 is 2.39 bits per heavy atom. The molecule has 1 aromatic carbocycles. The molecule has 2 rings (SSSR count). The first-order chi connectivity index (χ1) is 13.2. The highest BCUT2D eigenvalue weighted by atomic mass is 32.1. The molecule has 0 unspecified atom stereocenters. The van der Waals surface area contributed by atoms with Crippen LogP contribution in [-0.2, 0) is 21.6 Å². The topological polar surface area (TPSA) is 77.8 Å². The lowest BCUT2D eigenvalue weighted by Crippen LogP contribution is -2.43. The summed E-state index contributed by atoms with van der Waals surface area (Å²) >= 11 is 4.07. The van der Waals surface area contributed by atoms with Crippen LogP contribution in [0.25, 0.3) is 0 Å². The van der Waals surface area contributed by atoms with Crippen LogP contribution in [0.3, 0.4) is 0 Å². The lowest BCUT2D eigenvalue weighted by atomic mass is 9.87. The molecule has 1 amide bonds. The van der Waals surface area contributed by atoms with Crippen LogP contribution in [0, 0.1) is 0 Å². The average Bonchev–Trinajstić information content (AvgIpc) is 3.13. The average molecular weight is 406 g/mol. The molecule has 0 aliphatic rings. The molecule has 0 bridgehead atoms. The van der Waals surface area contributed by atoms with E-state index in [1.54, 1.807) is 13.0 Å². The number of hydrogen-bond donors (Lipinski definition) is 2. The molecule has 0 saturated carbocycles. The lowest BCUT2D eigenvalue weighted by molar-refractivity contribution is -0.144. The van der Waals surface area contributed by atoms with Gasteiger partial charge in [-0.1, -0.05) is 32.9 Å². The minimum absolute atomic E-state index is 0.0796. The largest absolute Gasteiger partial charge is 0.486 e. The number of furan rings is 1. The first-order valence-corrected chi connectivity index (χ1v) is 9.78. The van der Waals surface area contributed by atoms with Crippen LogP contribution in [0.1, 0.15) is 49.6 Å². The van der Waals surface area contributed by atoms with E-state index in [0.717, 1.165) is 0 Å². The zero-order valence-corrected chi connectivity index (χ0v) is 17.5. The molecule has 152 valence electrons. The van der Waals surface area contributed by atoms with Gasteiger partial charge in [0, 0.05) is 5.75 Å². The van der Waals surface area contributed by atoms with E-state index in [9.17, 15) is 9.59 Å². The van der Waals surface area contributed by atoms with E-state index < -0.39 is 17.9 Å². The fourth-order valence-electron chi connectivity index (χ4n) is 2.43. The molecule has 7 heteroatoms. The number of carbonyl (C=O) groups excluding carboxylic acids is 2. The van der Waals surface area contributed by atoms with Crippen molar-refractivity contribution < 1.29 is 23.5 Å². The zero-order chi connectivity index (χ0) is 20.7. The Balaban J connectivity index is 1.92. The Labute approximate surface area is 171 Å². The summed E-state index contributed by atoms with van der Waals surface area (Å²) in [6, 6.07) is 10.3. The van der Waals surface area contributed by atoms with E-state index in [2.05, 4.69) is 38.7 Å². The molecule has 0 aliphatic heterocycles. The van der Waals surface area contributed by atoms with E-state index in [4.69, 9.17) is 13.9 Å². The third-order valence-corrected chi connectivity index (χ3v) is 4.41. The fraction of sp³-hybridized carbons (Fsp3) is 0.429. The molecule has 2 aromatic rings. The third-order valence-electron chi connectivity index (χ3n) is 4.05. The number of amides is 1. The van der Waals surface area contributed by atoms with E-state index in [-0.39, 0.29) is 30.1 Å². The molecule has 0 radical (unpaired) electrons. The molecule has 28 heavy (non-hydrogen) atoms. The third kappa shape index (κ3) is 6.05. The van der Waals surface area contributed by atoms with E-state index in [1.807, 2.05) is 24.3 Å². The second-order valence-corrected chi connectivity index (χ2v) is 7.65. The Kier molecular flexibility index (Phi) is 7.57. The first-order valence-electron chi connectivity index (χ1n) is 9.15. The Bertz CT molecular complexity index is 792. The summed E-state index contributed by atoms with van der Waals surface area (Å²) in [7, 11) is 0. The number of thiol groups is 1. The maximum absolute atomic E-state index is 12.3. The molecule has 0 fully saturated rings. The molecule has 0 aliphatic carbocycles. The van der Waals surface area contributed by atoms with Crippen molar-refractivity contribution in [1.29, 1.82) is 0 Å². The summed E-state index contributed by atoms with van der Waals surface area (Å²) < 4.78 is 16.1. The van der Waals surface area contributed by atoms with Crippen molar-refractivity contribution in [3.05, 3.63) is 53.5 Å². The summed E-state index contributed by atoms with van der Waals surface area (Å²) in [6.45, 7) is 8.58. The van der Waals surface area contributed by atoms with Gasteiger partial charge >= 0.3 is 5.97 Å². The summed E-state index contributed by atoms with van der Waals surface area (Å²) in [5.74, 6) is 0.410. The van der Waals surface area contributed by atoms with E-state index in [1.165, 1.54) is 11.6 Å². The quantitative estimate of drug-likeness (QED) is 0.517. The molecule has 1 aromatic heterocycles. The van der Waals surface area contributed by atoms with Crippen LogP contribution >= 0.6 is 12.6 Å². The number of nitrogens with one attached hydrogen (secondary N) is 1. The number of carbonyl (C=O) groups is 2. The second kappa shape index (κ2) is 9.68. The normalized spacial score (nSPS) is 12.3. The minimum Gasteiger partial charge on any atom is -0.486 e. The second-order valence-electron chi connectivity index (χ2n) is 7.29. The van der Waals surface area contributed by atoms with E-state index in [0.29, 0.717) is 11.5 Å². The van der Waals surface area contributed by atoms with Gasteiger partial charge in [0.2, 0.25) is 0 Å². The summed E-state index contributed by atoms with van der Waals surface area (Å²) in [5, 5.41) is 2.55. The van der Waals surface area contributed by atoms with Crippen molar-refractivity contribution in [2.24, 2.45) is 0 Å². The predicted molar refractivity (Wildman–Crippen MR) is 110 cm³/mol. The van der Waals surface area contributed by atoms with Gasteiger partial charge in [0.05, 0.1) is 6.61 Å². The van der Waals surface area contributed by atoms with E-state index >= 15 is 0 Å². The van der Waals surface area contributed by atoms with Gasteiger partial charge in [-0.25, -0.2) is 4.79 Å². The Morgan fingerprint density at radius 2 is 1.82 bits per heavy atom. The minimum atomic E-state index is -0.832. The van der Waals surface area contributed by atoms with Crippen molar-refractivity contribution in [3.8, 4) is 5.75 Å². The molecule has 1 atom stereocenters. The van der Waals surface area contributed by atoms with Crippen LogP contribution in [0.2, 0.25) is 0 Å². The summed E-state index contributed by atoms with van der Waals surface area (Å²) in [5.41, 5.74) is 1.30. The molecule has 0 spiro atoms. The smallest absolute Gasteiger partial charge is 0.329 e. The number of benzene rings is 1. The van der Waals surface area contributed by atoms with Gasteiger partial charge in [0.25, 0.3) is 5.91 Å². The summed E-state index contributed by atoms with van der Waals surface area (Å²) in [6.07, 6.45) is 0. The Morgan fingerprint density at radius 1 is 1.14 bits per heavy atom. The zero-order valence-electron chi connectivity index (χ0n) is 16.7. The first kappa shape index (κ1) is 21.9. The molecule has 0 saturated heterocycles. The maximum Gasteiger partial charge on any atom is 0.329 e. The van der Waals surface area contributed by atoms with Crippen LogP contribution in [0.4, 0.5) is 0 Å². The highest BCUT2D eigenvalue weighted by Gasteiger charge is 2.22. The van der Waals surface area contributed by atoms with Gasteiger partial charge in [0.15, 0.2) is 5.76 Å². The molecular formula is C21H27NO5S. The number of rotatable bonds is 8. The molecule has 1 heterocycles. The highest BCUT2D eigenvalue weighted by Crippen LogP contribution is 2.24. The lowest BCUT2D eigenvalue weighted by Gasteiger charge is -2.19. The Hall–Kier alpha value is -2.41. The van der Waals surface area contributed by atoms with Crippen LogP contribution < -0.4 is 10.1 Å². The van der Waals surface area contributed by atoms with Gasteiger partial charge in [-0.3, -0.25) is 4.79 Å². The molecule has 1 N–H and O–H groups in total. The van der Waals surface area contributed by atoms with Gasteiger partial charge in [-0.15, -0.1) is 0 Å². The number of esters is 1. The van der Waals surface area contributed by atoms with Crippen LogP contribution in [0.5, 0.6) is 5.75 Å². The van der Waals surface area contributed by atoms with Crippen molar-refractivity contribution in [1.82, 2.24) is 5.32 Å². The SMILES string of the molecule is CCOC(=O)[C@H](CS)NC(=O)c1ccc(COc2ccc(C(C)(C)C)cc2)o1. The van der Waals surface area contributed by atoms with Gasteiger partial charge in [-0.2, -0.15) is 12.6 Å². The van der Waals surface area contributed by atoms with Crippen molar-refractivity contribution >= 4 is 24.5 Å². The fourth-order valence-corrected chi connectivity index (χ4v) is 2.67. The molecular weight excluding hydrogens is 378 g/mol. The van der Waals surface area contributed by atoms with Crippen LogP contribution in [-0.4, -0.2) is 30.3 Å². The van der Waals surface area contributed by atoms with Gasteiger partial charge < -0.3 is 19.2 Å². The summed E-state index contributed by atoms with van der Waals surface area (Å²) in [4.78, 5) is 24.0. The van der Waals surface area contributed by atoms with Crippen LogP contribution in [0.15, 0.2) is 40.8 Å². The standard InChI is InChI=1S/C21H27NO5S/c1-5-25-20(24)17(13-28)22-19(23)18-11-10-16(27-18)12-26-15-8-6-14(7-9-15)21(2,3)4/h6-11,17,28H,5,12-13H2,1-4H3,(H,22,23)/t17-/m0/s1. The van der Waals surface area contributed by atoms with Crippen molar-refractivity contribution in [2.75, 3.05) is 12.4 Å². The van der Waals surface area contributed by atoms with Gasteiger partial charge in [-0.05, 0) is 42.2 Å². The number of hydrogen-bond acceptors (Lipinski definition) is 6.